The lowest BCUT2D eigenvalue weighted by molar-refractivity contribution is 0.244. The van der Waals surface area contributed by atoms with E-state index >= 15 is 0 Å². The molecule has 0 saturated carbocycles. The normalized spacial score (nSPS) is 11.7. The molecule has 3 rings (SSSR count). The van der Waals surface area contributed by atoms with E-state index in [9.17, 15) is 5.11 Å². The summed E-state index contributed by atoms with van der Waals surface area (Å²) in [5, 5.41) is 10.1. The number of aromatic nitrogens is 2. The van der Waals surface area contributed by atoms with Gasteiger partial charge in [-0.3, -0.25) is 4.90 Å². The highest BCUT2D eigenvalue weighted by Gasteiger charge is 2.20. The van der Waals surface area contributed by atoms with Gasteiger partial charge in [-0.05, 0) is 37.1 Å². The number of methoxy groups -OCH3 is 1. The van der Waals surface area contributed by atoms with Crippen LogP contribution in [-0.4, -0.2) is 33.2 Å². The van der Waals surface area contributed by atoms with Crippen LogP contribution >= 0.6 is 0 Å². The average Bonchev–Trinajstić information content (AvgIpc) is 3.28. The number of hydrogen-bond acceptors (Lipinski definition) is 4. The fraction of sp³-hybridized carbons (Fsp3) is 0.364. The van der Waals surface area contributed by atoms with E-state index in [1.807, 2.05) is 24.3 Å². The predicted octanol–water partition coefficient (Wildman–Crippen LogP) is 7.71. The molecule has 0 aliphatic heterocycles. The minimum Gasteiger partial charge on any atom is -0.504 e. The maximum absolute atomic E-state index is 10.1. The molecular formula is C33H43N3O2. The lowest BCUT2D eigenvalue weighted by Gasteiger charge is -2.24. The van der Waals surface area contributed by atoms with Crippen molar-refractivity contribution in [2.24, 2.45) is 0 Å². The molecule has 202 valence electrons. The number of phenols is 1. The Labute approximate surface area is 228 Å². The molecule has 5 nitrogen and oxygen atoms in total. The Balaban J connectivity index is 2.02. The van der Waals surface area contributed by atoms with Gasteiger partial charge in [0.2, 0.25) is 0 Å². The maximum Gasteiger partial charge on any atom is 0.160 e. The van der Waals surface area contributed by atoms with Crippen LogP contribution < -0.4 is 4.74 Å². The summed E-state index contributed by atoms with van der Waals surface area (Å²) in [5.74, 6) is 1.72. The van der Waals surface area contributed by atoms with Crippen LogP contribution in [0.15, 0.2) is 85.5 Å². The number of aromatic hydroxyl groups is 1. The zero-order valence-electron chi connectivity index (χ0n) is 23.3. The molecule has 0 aliphatic carbocycles. The first-order valence-electron chi connectivity index (χ1n) is 13.8. The van der Waals surface area contributed by atoms with Crippen LogP contribution in [0.1, 0.15) is 56.5 Å². The fourth-order valence-corrected chi connectivity index (χ4v) is 4.53. The average molecular weight is 514 g/mol. The van der Waals surface area contributed by atoms with Gasteiger partial charge in [0.15, 0.2) is 11.5 Å². The quantitative estimate of drug-likeness (QED) is 0.199. The molecule has 0 spiro atoms. The minimum absolute atomic E-state index is 0.168. The van der Waals surface area contributed by atoms with Crippen molar-refractivity contribution in [2.75, 3.05) is 13.7 Å². The number of nitrogens with zero attached hydrogens (tertiary/aromatic N) is 3. The summed E-state index contributed by atoms with van der Waals surface area (Å²) >= 11 is 0. The minimum atomic E-state index is 0.168. The van der Waals surface area contributed by atoms with Gasteiger partial charge in [-0.15, -0.1) is 0 Å². The van der Waals surface area contributed by atoms with E-state index in [0.717, 1.165) is 80.9 Å². The van der Waals surface area contributed by atoms with Gasteiger partial charge in [-0.25, -0.2) is 4.98 Å². The summed E-state index contributed by atoms with van der Waals surface area (Å²) < 4.78 is 7.81. The molecule has 5 heteroatoms. The number of imidazole rings is 1. The highest BCUT2D eigenvalue weighted by atomic mass is 16.5. The molecule has 1 aromatic heterocycles. The lowest BCUT2D eigenvalue weighted by Crippen LogP contribution is -2.26. The third-order valence-electron chi connectivity index (χ3n) is 6.58. The first-order valence-corrected chi connectivity index (χ1v) is 13.8. The van der Waals surface area contributed by atoms with Crippen LogP contribution in [0.3, 0.4) is 0 Å². The zero-order valence-corrected chi connectivity index (χ0v) is 23.3. The third kappa shape index (κ3) is 8.22. The van der Waals surface area contributed by atoms with Crippen LogP contribution in [0.25, 0.3) is 11.4 Å². The Bertz CT molecular complexity index is 1190. The maximum atomic E-state index is 10.1. The Kier molecular flexibility index (Phi) is 11.9. The van der Waals surface area contributed by atoms with Gasteiger partial charge < -0.3 is 14.4 Å². The molecule has 0 bridgehead atoms. The topological polar surface area (TPSA) is 50.5 Å². The largest absolute Gasteiger partial charge is 0.504 e. The molecule has 0 atom stereocenters. The molecule has 0 amide bonds. The molecular weight excluding hydrogens is 470 g/mol. The van der Waals surface area contributed by atoms with Crippen molar-refractivity contribution in [3.8, 4) is 22.9 Å². The molecule has 0 aliphatic rings. The molecule has 1 N–H and O–H groups in total. The smallest absolute Gasteiger partial charge is 0.160 e. The van der Waals surface area contributed by atoms with E-state index in [4.69, 9.17) is 9.72 Å². The van der Waals surface area contributed by atoms with Gasteiger partial charge in [0.05, 0.1) is 18.5 Å². The molecule has 1 heterocycles. The van der Waals surface area contributed by atoms with Gasteiger partial charge in [0.25, 0.3) is 0 Å². The second-order valence-corrected chi connectivity index (χ2v) is 9.52. The van der Waals surface area contributed by atoms with Crippen molar-refractivity contribution in [2.45, 2.75) is 65.6 Å². The molecule has 2 aromatic carbocycles. The summed E-state index contributed by atoms with van der Waals surface area (Å²) in [6, 6.07) is 16.2. The lowest BCUT2D eigenvalue weighted by atomic mass is 10.1. The Morgan fingerprint density at radius 2 is 1.79 bits per heavy atom. The summed E-state index contributed by atoms with van der Waals surface area (Å²) in [6.45, 7) is 11.7. The van der Waals surface area contributed by atoms with Crippen LogP contribution in [0.5, 0.6) is 11.5 Å². The first kappa shape index (κ1) is 29.0. The van der Waals surface area contributed by atoms with Crippen molar-refractivity contribution >= 4 is 0 Å². The van der Waals surface area contributed by atoms with Crippen molar-refractivity contribution < 1.29 is 9.84 Å². The Hall–Kier alpha value is -3.57. The van der Waals surface area contributed by atoms with Gasteiger partial charge in [-0.2, -0.15) is 0 Å². The van der Waals surface area contributed by atoms with E-state index in [0.29, 0.717) is 5.75 Å². The third-order valence-corrected chi connectivity index (χ3v) is 6.58. The van der Waals surface area contributed by atoms with Crippen molar-refractivity contribution in [3.63, 3.8) is 0 Å². The van der Waals surface area contributed by atoms with E-state index in [1.54, 1.807) is 19.3 Å². The number of phenolic OH excluding ortho intramolecular Hbond substituents is 1. The number of rotatable bonds is 16. The summed E-state index contributed by atoms with van der Waals surface area (Å²) in [7, 11) is 1.59. The predicted molar refractivity (Wildman–Crippen MR) is 158 cm³/mol. The van der Waals surface area contributed by atoms with E-state index < -0.39 is 0 Å². The molecule has 3 aromatic rings. The summed E-state index contributed by atoms with van der Waals surface area (Å²) in [4.78, 5) is 7.71. The van der Waals surface area contributed by atoms with E-state index in [1.165, 1.54) is 5.69 Å². The molecule has 38 heavy (non-hydrogen) atoms. The fourth-order valence-electron chi connectivity index (χ4n) is 4.53. The summed E-state index contributed by atoms with van der Waals surface area (Å²) in [5.41, 5.74) is 4.66. The van der Waals surface area contributed by atoms with E-state index in [2.05, 4.69) is 72.4 Å². The van der Waals surface area contributed by atoms with Crippen LogP contribution in [0.4, 0.5) is 0 Å². The standard InChI is InChI=1S/C33H43N3O2/c1-5-8-11-12-16-19-29-30(36(23-10-7-3)33(34-29)28-17-14-13-15-18-28)26-35(22-9-6-2)25-27-20-21-31(37)32(24-27)38-4/h5,8,11-18,20-21,24,37H,1,6-7,9-10,19,22-23,25-26H2,2-4H3/b11-8-,16-12-. The van der Waals surface area contributed by atoms with Crippen molar-refractivity contribution in [1.82, 2.24) is 14.5 Å². The monoisotopic (exact) mass is 513 g/mol. The highest BCUT2D eigenvalue weighted by molar-refractivity contribution is 5.57. The van der Waals surface area contributed by atoms with Gasteiger partial charge in [-0.1, -0.05) is 100 Å². The number of allylic oxidation sites excluding steroid dienone is 5. The number of ether oxygens (including phenoxy) is 1. The SMILES string of the molecule is C=C/C=C\C=C/Cc1nc(-c2ccccc2)n(CCCC)c1CN(CCCC)Cc1ccc(O)c(OC)c1. The molecule has 0 fully saturated rings. The van der Waals surface area contributed by atoms with Gasteiger partial charge >= 0.3 is 0 Å². The van der Waals surface area contributed by atoms with E-state index in [-0.39, 0.29) is 5.75 Å². The van der Waals surface area contributed by atoms with Gasteiger partial charge in [0, 0.05) is 31.6 Å². The van der Waals surface area contributed by atoms with Crippen LogP contribution in [0.2, 0.25) is 0 Å². The van der Waals surface area contributed by atoms with Crippen molar-refractivity contribution in [3.05, 3.63) is 102 Å². The van der Waals surface area contributed by atoms with Crippen molar-refractivity contribution in [1.29, 1.82) is 0 Å². The highest BCUT2D eigenvalue weighted by Crippen LogP contribution is 2.29. The Morgan fingerprint density at radius 1 is 1.00 bits per heavy atom. The Morgan fingerprint density at radius 3 is 2.50 bits per heavy atom. The molecule has 0 radical (unpaired) electrons. The first-order chi connectivity index (χ1) is 18.6. The van der Waals surface area contributed by atoms with Crippen LogP contribution in [-0.2, 0) is 26.1 Å². The zero-order chi connectivity index (χ0) is 27.2. The molecule has 0 saturated heterocycles. The number of hydrogen-bond donors (Lipinski definition) is 1. The number of unbranched alkanes of at least 4 members (excludes halogenated alkanes) is 2. The van der Waals surface area contributed by atoms with Gasteiger partial charge in [0.1, 0.15) is 5.82 Å². The molecule has 0 unspecified atom stereocenters. The van der Waals surface area contributed by atoms with Crippen LogP contribution in [0, 0.1) is 0 Å². The summed E-state index contributed by atoms with van der Waals surface area (Å²) in [6.07, 6.45) is 15.2. The number of benzene rings is 2. The second-order valence-electron chi connectivity index (χ2n) is 9.52. The second kappa shape index (κ2) is 15.6.